The van der Waals surface area contributed by atoms with Gasteiger partial charge in [0.25, 0.3) is 0 Å². The molecule has 0 atom stereocenters. The summed E-state index contributed by atoms with van der Waals surface area (Å²) in [5.41, 5.74) is 4.01. The van der Waals surface area contributed by atoms with Gasteiger partial charge in [-0.3, -0.25) is 4.79 Å². The number of hydrogen-bond donors (Lipinski definition) is 1. The smallest absolute Gasteiger partial charge is 0.203 e. The standard InChI is InChI=1S/C31H32N2O6/c1-33-19-23(22-9-7-8-10-25(22)33)26(34)13-14-32-24-18-28(36-3)27(35-2)17-21(24)12-11-20-15-29(37-4)31(39-6)30(16-20)38-5/h7-19,32H,1-6H3/b12-11+,14-13-. The average molecular weight is 529 g/mol. The van der Waals surface area contributed by atoms with E-state index in [2.05, 4.69) is 5.32 Å². The van der Waals surface area contributed by atoms with E-state index in [4.69, 9.17) is 23.7 Å². The molecule has 0 spiro atoms. The zero-order chi connectivity index (χ0) is 27.9. The highest BCUT2D eigenvalue weighted by Gasteiger charge is 2.14. The molecule has 0 unspecified atom stereocenters. The summed E-state index contributed by atoms with van der Waals surface area (Å²) < 4.78 is 29.3. The van der Waals surface area contributed by atoms with Gasteiger partial charge < -0.3 is 33.6 Å². The number of para-hydroxylation sites is 1. The van der Waals surface area contributed by atoms with E-state index in [0.717, 1.165) is 27.7 Å². The third-order valence-corrected chi connectivity index (χ3v) is 6.33. The Kier molecular flexibility index (Phi) is 8.46. The van der Waals surface area contributed by atoms with Gasteiger partial charge in [-0.2, -0.15) is 0 Å². The highest BCUT2D eigenvalue weighted by Crippen LogP contribution is 2.39. The van der Waals surface area contributed by atoms with Gasteiger partial charge in [-0.05, 0) is 29.8 Å². The third kappa shape index (κ3) is 5.70. The Labute approximate surface area is 228 Å². The number of aromatic nitrogens is 1. The summed E-state index contributed by atoms with van der Waals surface area (Å²) in [6, 6.07) is 15.2. The molecular formula is C31H32N2O6. The van der Waals surface area contributed by atoms with Crippen LogP contribution in [0.25, 0.3) is 23.1 Å². The summed E-state index contributed by atoms with van der Waals surface area (Å²) in [6.45, 7) is 0. The second kappa shape index (κ2) is 12.1. The number of nitrogens with zero attached hydrogens (tertiary/aromatic N) is 1. The van der Waals surface area contributed by atoms with Crippen LogP contribution < -0.4 is 29.0 Å². The number of rotatable bonds is 11. The number of fused-ring (bicyclic) bond motifs is 1. The van der Waals surface area contributed by atoms with Gasteiger partial charge in [0.05, 0.1) is 35.5 Å². The molecule has 202 valence electrons. The van der Waals surface area contributed by atoms with Crippen molar-refractivity contribution in [3.63, 3.8) is 0 Å². The summed E-state index contributed by atoms with van der Waals surface area (Å²) >= 11 is 0. The number of methoxy groups -OCH3 is 5. The predicted octanol–water partition coefficient (Wildman–Crippen LogP) is 6.20. The van der Waals surface area contributed by atoms with Crippen LogP contribution in [0.5, 0.6) is 28.7 Å². The van der Waals surface area contributed by atoms with E-state index in [9.17, 15) is 4.79 Å². The molecule has 0 amide bonds. The lowest BCUT2D eigenvalue weighted by Gasteiger charge is -2.14. The second-order valence-electron chi connectivity index (χ2n) is 8.60. The van der Waals surface area contributed by atoms with Crippen LogP contribution in [0.3, 0.4) is 0 Å². The Hall–Kier alpha value is -4.85. The molecule has 3 aromatic carbocycles. The van der Waals surface area contributed by atoms with E-state index in [-0.39, 0.29) is 5.78 Å². The first-order valence-corrected chi connectivity index (χ1v) is 12.2. The highest BCUT2D eigenvalue weighted by molar-refractivity contribution is 6.13. The van der Waals surface area contributed by atoms with E-state index in [1.54, 1.807) is 41.7 Å². The summed E-state index contributed by atoms with van der Waals surface area (Å²) in [6.07, 6.45) is 8.83. The van der Waals surface area contributed by atoms with Crippen molar-refractivity contribution in [3.05, 3.63) is 83.7 Å². The number of carbonyl (C=O) groups is 1. The molecule has 4 aromatic rings. The summed E-state index contributed by atoms with van der Waals surface area (Å²) in [4.78, 5) is 13.0. The monoisotopic (exact) mass is 528 g/mol. The SMILES string of the molecule is COc1cc(/C=C/c2cc(OC)c(OC)c(OC)c2)c(N/C=C\C(=O)c2cn(C)c3ccccc23)cc1OC. The zero-order valence-electron chi connectivity index (χ0n) is 22.9. The lowest BCUT2D eigenvalue weighted by atomic mass is 10.1. The Balaban J connectivity index is 1.65. The minimum Gasteiger partial charge on any atom is -0.493 e. The van der Waals surface area contributed by atoms with Crippen LogP contribution in [0.4, 0.5) is 5.69 Å². The van der Waals surface area contributed by atoms with Crippen LogP contribution in [0, 0.1) is 0 Å². The number of hydrogen-bond acceptors (Lipinski definition) is 7. The van der Waals surface area contributed by atoms with Gasteiger partial charge in [-0.1, -0.05) is 30.4 Å². The molecule has 0 aliphatic rings. The lowest BCUT2D eigenvalue weighted by Crippen LogP contribution is -1.99. The van der Waals surface area contributed by atoms with Crippen LogP contribution in [-0.2, 0) is 7.05 Å². The minimum atomic E-state index is -0.103. The Morgan fingerprint density at radius 1 is 0.795 bits per heavy atom. The van der Waals surface area contributed by atoms with E-state index in [1.165, 1.54) is 6.08 Å². The Bertz CT molecular complexity index is 1530. The molecule has 0 saturated carbocycles. The number of allylic oxidation sites excluding steroid dienone is 1. The molecule has 1 heterocycles. The summed E-state index contributed by atoms with van der Waals surface area (Å²) in [5, 5.41) is 4.14. The molecule has 0 bridgehead atoms. The van der Waals surface area contributed by atoms with Crippen LogP contribution >= 0.6 is 0 Å². The average Bonchev–Trinajstić information content (AvgIpc) is 3.31. The van der Waals surface area contributed by atoms with Gasteiger partial charge in [0.15, 0.2) is 28.8 Å². The van der Waals surface area contributed by atoms with Gasteiger partial charge in [-0.15, -0.1) is 0 Å². The first-order valence-electron chi connectivity index (χ1n) is 12.2. The molecular weight excluding hydrogens is 496 g/mol. The van der Waals surface area contributed by atoms with Crippen LogP contribution in [0.1, 0.15) is 21.5 Å². The minimum absolute atomic E-state index is 0.103. The first-order chi connectivity index (χ1) is 18.9. The van der Waals surface area contributed by atoms with Crippen LogP contribution in [-0.4, -0.2) is 45.9 Å². The van der Waals surface area contributed by atoms with Crippen LogP contribution in [0.2, 0.25) is 0 Å². The molecule has 0 aliphatic carbocycles. The van der Waals surface area contributed by atoms with E-state index >= 15 is 0 Å². The van der Waals surface area contributed by atoms with Crippen molar-refractivity contribution in [2.75, 3.05) is 40.9 Å². The molecule has 39 heavy (non-hydrogen) atoms. The largest absolute Gasteiger partial charge is 0.493 e. The van der Waals surface area contributed by atoms with E-state index in [1.807, 2.05) is 78.5 Å². The van der Waals surface area contributed by atoms with Crippen molar-refractivity contribution < 1.29 is 28.5 Å². The lowest BCUT2D eigenvalue weighted by molar-refractivity contribution is 0.104. The van der Waals surface area contributed by atoms with Crippen molar-refractivity contribution in [2.24, 2.45) is 7.05 Å². The number of benzene rings is 3. The molecule has 1 N–H and O–H groups in total. The van der Waals surface area contributed by atoms with Crippen molar-refractivity contribution >= 4 is 34.5 Å². The van der Waals surface area contributed by atoms with Crippen molar-refractivity contribution in [1.82, 2.24) is 4.57 Å². The molecule has 0 fully saturated rings. The fraction of sp³-hybridized carbons (Fsp3) is 0.194. The van der Waals surface area contributed by atoms with E-state index in [0.29, 0.717) is 34.3 Å². The maximum Gasteiger partial charge on any atom is 0.203 e. The fourth-order valence-corrected chi connectivity index (χ4v) is 4.38. The van der Waals surface area contributed by atoms with Gasteiger partial charge in [0.1, 0.15) is 0 Å². The number of anilines is 1. The number of aryl methyl sites for hydroxylation is 1. The number of ether oxygens (including phenoxy) is 5. The molecule has 0 aliphatic heterocycles. The van der Waals surface area contributed by atoms with Gasteiger partial charge in [0.2, 0.25) is 5.75 Å². The first kappa shape index (κ1) is 27.2. The molecule has 0 saturated heterocycles. The normalized spacial score (nSPS) is 11.2. The van der Waals surface area contributed by atoms with E-state index < -0.39 is 0 Å². The summed E-state index contributed by atoms with van der Waals surface area (Å²) in [5.74, 6) is 2.65. The summed E-state index contributed by atoms with van der Waals surface area (Å²) in [7, 11) is 9.81. The second-order valence-corrected chi connectivity index (χ2v) is 8.60. The van der Waals surface area contributed by atoms with Crippen LogP contribution in [0.15, 0.2) is 67.0 Å². The third-order valence-electron chi connectivity index (χ3n) is 6.33. The quantitative estimate of drug-likeness (QED) is 0.141. The number of ketones is 1. The van der Waals surface area contributed by atoms with Gasteiger partial charge in [0, 0.05) is 59.3 Å². The van der Waals surface area contributed by atoms with Gasteiger partial charge in [-0.25, -0.2) is 0 Å². The van der Waals surface area contributed by atoms with Crippen molar-refractivity contribution in [3.8, 4) is 28.7 Å². The van der Waals surface area contributed by atoms with Crippen molar-refractivity contribution in [1.29, 1.82) is 0 Å². The van der Waals surface area contributed by atoms with Gasteiger partial charge >= 0.3 is 0 Å². The maximum absolute atomic E-state index is 13.0. The molecule has 1 aromatic heterocycles. The maximum atomic E-state index is 13.0. The fourth-order valence-electron chi connectivity index (χ4n) is 4.38. The number of nitrogens with one attached hydrogen (secondary N) is 1. The van der Waals surface area contributed by atoms with Crippen molar-refractivity contribution in [2.45, 2.75) is 0 Å². The topological polar surface area (TPSA) is 80.2 Å². The number of carbonyl (C=O) groups excluding carboxylic acids is 1. The zero-order valence-corrected chi connectivity index (χ0v) is 22.9. The molecule has 4 rings (SSSR count). The molecule has 8 heteroatoms. The molecule has 0 radical (unpaired) electrons. The Morgan fingerprint density at radius 3 is 2.08 bits per heavy atom. The highest BCUT2D eigenvalue weighted by atomic mass is 16.5. The molecule has 8 nitrogen and oxygen atoms in total. The Morgan fingerprint density at radius 2 is 1.44 bits per heavy atom. The predicted molar refractivity (Wildman–Crippen MR) is 155 cm³/mol.